The van der Waals surface area contributed by atoms with Gasteiger partial charge in [0.05, 0.1) is 35.3 Å². The largest absolute Gasteiger partial charge is 0.495 e. The van der Waals surface area contributed by atoms with E-state index in [1.54, 1.807) is 38.1 Å². The summed E-state index contributed by atoms with van der Waals surface area (Å²) >= 11 is 1.55. The van der Waals surface area contributed by atoms with Crippen LogP contribution in [-0.4, -0.2) is 61.9 Å². The van der Waals surface area contributed by atoms with Crippen LogP contribution in [0.5, 0.6) is 5.75 Å². The lowest BCUT2D eigenvalue weighted by Gasteiger charge is -2.18. The second kappa shape index (κ2) is 9.82. The number of hydrogen-bond acceptors (Lipinski definition) is 6. The number of hydrogen-bond donors (Lipinski definition) is 0. The Morgan fingerprint density at radius 2 is 1.83 bits per heavy atom. The molecule has 162 valence electrons. The van der Waals surface area contributed by atoms with Crippen LogP contribution in [0, 0.1) is 0 Å². The second-order valence-corrected chi connectivity index (χ2v) is 9.48. The predicted molar refractivity (Wildman–Crippen MR) is 120 cm³/mol. The van der Waals surface area contributed by atoms with E-state index in [-0.39, 0.29) is 4.90 Å². The van der Waals surface area contributed by atoms with Gasteiger partial charge in [-0.1, -0.05) is 37.7 Å². The van der Waals surface area contributed by atoms with Crippen molar-refractivity contribution in [2.75, 3.05) is 39.7 Å². The molecule has 0 spiro atoms. The number of fused-ring (bicyclic) bond motifs is 1. The van der Waals surface area contributed by atoms with Crippen molar-refractivity contribution >= 4 is 32.8 Å². The number of rotatable bonds is 10. The Kier molecular flexibility index (Phi) is 7.41. The molecule has 7 nitrogen and oxygen atoms in total. The van der Waals surface area contributed by atoms with E-state index in [0.29, 0.717) is 31.0 Å². The van der Waals surface area contributed by atoms with Gasteiger partial charge in [0.1, 0.15) is 5.75 Å². The van der Waals surface area contributed by atoms with E-state index in [9.17, 15) is 8.42 Å². The summed E-state index contributed by atoms with van der Waals surface area (Å²) in [6.45, 7) is 5.09. The van der Waals surface area contributed by atoms with Crippen LogP contribution in [0.4, 0.5) is 0 Å². The van der Waals surface area contributed by atoms with Crippen LogP contribution in [0.3, 0.4) is 0 Å². The average Bonchev–Trinajstić information content (AvgIpc) is 3.11. The molecule has 0 N–H and O–H groups in total. The third-order valence-electron chi connectivity index (χ3n) is 4.78. The maximum atomic E-state index is 13.0. The van der Waals surface area contributed by atoms with Gasteiger partial charge in [0.2, 0.25) is 10.0 Å². The second-order valence-electron chi connectivity index (χ2n) is 6.48. The summed E-state index contributed by atoms with van der Waals surface area (Å²) in [5, 5.41) is 0.754. The maximum Gasteiger partial charge on any atom is 0.243 e. The quantitative estimate of drug-likeness (QED) is 0.346. The fourth-order valence-corrected chi connectivity index (χ4v) is 5.67. The lowest BCUT2D eigenvalue weighted by molar-refractivity contribution is 0.218. The van der Waals surface area contributed by atoms with Gasteiger partial charge in [0.25, 0.3) is 0 Å². The first-order valence-electron chi connectivity index (χ1n) is 9.75. The SMILES string of the molecule is CCN(CC)S(=O)(=O)c1ccc2c(c1)nc(SCCOC)n2-c1ccccc1OC. The van der Waals surface area contributed by atoms with Gasteiger partial charge in [-0.05, 0) is 30.3 Å². The fraction of sp³-hybridized carbons (Fsp3) is 0.381. The van der Waals surface area contributed by atoms with Crippen molar-refractivity contribution in [2.45, 2.75) is 23.9 Å². The molecule has 3 aromatic rings. The van der Waals surface area contributed by atoms with Crippen molar-refractivity contribution in [1.29, 1.82) is 0 Å². The molecular weight excluding hydrogens is 422 g/mol. The highest BCUT2D eigenvalue weighted by molar-refractivity contribution is 7.99. The Bertz CT molecular complexity index is 1110. The Labute approximate surface area is 182 Å². The molecule has 0 saturated carbocycles. The molecule has 0 unspecified atom stereocenters. The number of imidazole rings is 1. The Morgan fingerprint density at radius 3 is 2.50 bits per heavy atom. The summed E-state index contributed by atoms with van der Waals surface area (Å²) in [7, 11) is -0.272. The van der Waals surface area contributed by atoms with E-state index in [0.717, 1.165) is 22.1 Å². The van der Waals surface area contributed by atoms with Crippen molar-refractivity contribution in [2.24, 2.45) is 0 Å². The number of aromatic nitrogens is 2. The molecule has 1 heterocycles. The zero-order chi connectivity index (χ0) is 21.7. The number of ether oxygens (including phenoxy) is 2. The Balaban J connectivity index is 2.18. The summed E-state index contributed by atoms with van der Waals surface area (Å²) in [5.41, 5.74) is 2.29. The lowest BCUT2D eigenvalue weighted by atomic mass is 10.2. The standard InChI is InChI=1S/C21H27N3O4S2/c1-5-23(6-2)30(25,26)16-11-12-18-17(15-16)22-21(29-14-13-27-3)24(18)19-9-7-8-10-20(19)28-4/h7-12,15H,5-6,13-14H2,1-4H3. The van der Waals surface area contributed by atoms with E-state index in [2.05, 4.69) is 0 Å². The van der Waals surface area contributed by atoms with Crippen LogP contribution in [-0.2, 0) is 14.8 Å². The van der Waals surface area contributed by atoms with Crippen LogP contribution in [0.15, 0.2) is 52.5 Å². The van der Waals surface area contributed by atoms with Gasteiger partial charge in [0, 0.05) is 26.0 Å². The van der Waals surface area contributed by atoms with Gasteiger partial charge in [-0.15, -0.1) is 0 Å². The maximum absolute atomic E-state index is 13.0. The van der Waals surface area contributed by atoms with Gasteiger partial charge >= 0.3 is 0 Å². The molecule has 1 aromatic heterocycles. The highest BCUT2D eigenvalue weighted by atomic mass is 32.2. The van der Waals surface area contributed by atoms with Gasteiger partial charge in [0.15, 0.2) is 5.16 Å². The van der Waals surface area contributed by atoms with Crippen molar-refractivity contribution in [3.8, 4) is 11.4 Å². The van der Waals surface area contributed by atoms with Crippen LogP contribution in [0.1, 0.15) is 13.8 Å². The first-order chi connectivity index (χ1) is 14.5. The summed E-state index contributed by atoms with van der Waals surface area (Å²) in [6.07, 6.45) is 0. The number of methoxy groups -OCH3 is 2. The minimum absolute atomic E-state index is 0.247. The Hall–Kier alpha value is -2.07. The van der Waals surface area contributed by atoms with Crippen molar-refractivity contribution in [3.63, 3.8) is 0 Å². The van der Waals surface area contributed by atoms with E-state index >= 15 is 0 Å². The van der Waals surface area contributed by atoms with E-state index in [4.69, 9.17) is 14.5 Å². The van der Waals surface area contributed by atoms with Crippen LogP contribution in [0.2, 0.25) is 0 Å². The molecule has 9 heteroatoms. The molecule has 0 fully saturated rings. The summed E-state index contributed by atoms with van der Waals surface area (Å²) in [5.74, 6) is 1.43. The van der Waals surface area contributed by atoms with E-state index < -0.39 is 10.0 Å². The minimum Gasteiger partial charge on any atom is -0.495 e. The third-order valence-corrected chi connectivity index (χ3v) is 7.73. The summed E-state index contributed by atoms with van der Waals surface area (Å²) < 4.78 is 40.1. The number of thioether (sulfide) groups is 1. The highest BCUT2D eigenvalue weighted by Crippen LogP contribution is 2.33. The molecule has 0 saturated heterocycles. The van der Waals surface area contributed by atoms with Gasteiger partial charge in [-0.2, -0.15) is 4.31 Å². The minimum atomic E-state index is -3.56. The van der Waals surface area contributed by atoms with Gasteiger partial charge in [-0.25, -0.2) is 13.4 Å². The summed E-state index contributed by atoms with van der Waals surface area (Å²) in [4.78, 5) is 5.00. The molecule has 3 rings (SSSR count). The van der Waals surface area contributed by atoms with Crippen molar-refractivity contribution in [3.05, 3.63) is 42.5 Å². The number of sulfonamides is 1. The highest BCUT2D eigenvalue weighted by Gasteiger charge is 2.24. The monoisotopic (exact) mass is 449 g/mol. The first-order valence-corrected chi connectivity index (χ1v) is 12.2. The van der Waals surface area contributed by atoms with Crippen LogP contribution >= 0.6 is 11.8 Å². The molecule has 0 atom stereocenters. The molecule has 2 aromatic carbocycles. The molecule has 0 aliphatic carbocycles. The smallest absolute Gasteiger partial charge is 0.243 e. The van der Waals surface area contributed by atoms with Crippen molar-refractivity contribution < 1.29 is 17.9 Å². The summed E-state index contributed by atoms with van der Waals surface area (Å²) in [6, 6.07) is 12.8. The van der Waals surface area contributed by atoms with Crippen LogP contribution < -0.4 is 4.74 Å². The average molecular weight is 450 g/mol. The van der Waals surface area contributed by atoms with E-state index in [1.165, 1.54) is 4.31 Å². The molecule has 0 aliphatic rings. The number of para-hydroxylation sites is 2. The molecule has 0 aliphatic heterocycles. The Morgan fingerprint density at radius 1 is 1.10 bits per heavy atom. The molecule has 0 bridgehead atoms. The predicted octanol–water partition coefficient (Wildman–Crippen LogP) is 3.80. The molecular formula is C21H27N3O4S2. The number of benzene rings is 2. The third kappa shape index (κ3) is 4.34. The van der Waals surface area contributed by atoms with Crippen LogP contribution in [0.25, 0.3) is 16.7 Å². The first kappa shape index (κ1) is 22.6. The zero-order valence-corrected chi connectivity index (χ0v) is 19.3. The molecule has 0 radical (unpaired) electrons. The fourth-order valence-electron chi connectivity index (χ4n) is 3.27. The molecule has 30 heavy (non-hydrogen) atoms. The van der Waals surface area contributed by atoms with Crippen molar-refractivity contribution in [1.82, 2.24) is 13.9 Å². The number of nitrogens with zero attached hydrogens (tertiary/aromatic N) is 3. The van der Waals surface area contributed by atoms with Gasteiger partial charge < -0.3 is 9.47 Å². The van der Waals surface area contributed by atoms with Gasteiger partial charge in [-0.3, -0.25) is 4.57 Å². The molecule has 0 amide bonds. The van der Waals surface area contributed by atoms with E-state index in [1.807, 2.05) is 48.7 Å². The topological polar surface area (TPSA) is 73.7 Å². The lowest BCUT2D eigenvalue weighted by Crippen LogP contribution is -2.30. The normalized spacial score (nSPS) is 12.0. The zero-order valence-electron chi connectivity index (χ0n) is 17.7.